The van der Waals surface area contributed by atoms with Gasteiger partial charge < -0.3 is 15.3 Å². The highest BCUT2D eigenvalue weighted by Gasteiger charge is 2.70. The van der Waals surface area contributed by atoms with Crippen LogP contribution in [0.15, 0.2) is 41.7 Å². The van der Waals surface area contributed by atoms with E-state index in [1.807, 2.05) is 24.4 Å². The zero-order valence-electron chi connectivity index (χ0n) is 26.6. The fourth-order valence-electron chi connectivity index (χ4n) is 10.2. The number of carbonyl (C=O) groups is 1. The van der Waals surface area contributed by atoms with E-state index in [2.05, 4.69) is 52.6 Å². The van der Waals surface area contributed by atoms with E-state index in [0.717, 1.165) is 43.2 Å². The Labute approximate surface area is 247 Å². The molecule has 4 aliphatic carbocycles. The van der Waals surface area contributed by atoms with E-state index in [4.69, 9.17) is 0 Å². The van der Waals surface area contributed by atoms with Crippen molar-refractivity contribution in [3.05, 3.63) is 47.3 Å². The van der Waals surface area contributed by atoms with Crippen molar-refractivity contribution in [2.75, 3.05) is 0 Å². The molecule has 5 rings (SSSR count). The zero-order chi connectivity index (χ0) is 30.2. The minimum Gasteiger partial charge on any atom is -0.393 e. The van der Waals surface area contributed by atoms with Gasteiger partial charge in [0.15, 0.2) is 5.78 Å². The Hall–Kier alpha value is -1.82. The molecule has 4 aliphatic rings. The predicted octanol–water partition coefficient (Wildman–Crippen LogP) is 6.77. The monoisotopic (exact) mass is 563 g/mol. The molecule has 1 heterocycles. The molecule has 1 aromatic rings. The molecule has 3 saturated carbocycles. The average Bonchev–Trinajstić information content (AvgIpc) is 3.16. The van der Waals surface area contributed by atoms with Crippen molar-refractivity contribution in [1.29, 1.82) is 0 Å². The number of ketones is 1. The fraction of sp³-hybridized carbons (Fsp3) is 0.722. The maximum absolute atomic E-state index is 13.8. The Balaban J connectivity index is 1.48. The lowest BCUT2D eigenvalue weighted by Gasteiger charge is -2.67. The van der Waals surface area contributed by atoms with Gasteiger partial charge in [-0.05, 0) is 130 Å². The molecule has 0 unspecified atom stereocenters. The molecule has 0 radical (unpaired) electrons. The maximum Gasteiger partial charge on any atom is 0.168 e. The Bertz CT molecular complexity index is 1230. The van der Waals surface area contributed by atoms with Crippen molar-refractivity contribution in [1.82, 2.24) is 4.98 Å². The smallest absolute Gasteiger partial charge is 0.168 e. The van der Waals surface area contributed by atoms with Crippen LogP contribution in [0.1, 0.15) is 106 Å². The molecule has 0 spiro atoms. The van der Waals surface area contributed by atoms with Crippen molar-refractivity contribution in [3.8, 4) is 0 Å². The number of pyridine rings is 1. The van der Waals surface area contributed by atoms with Gasteiger partial charge in [-0.25, -0.2) is 0 Å². The Morgan fingerprint density at radius 3 is 2.49 bits per heavy atom. The highest BCUT2D eigenvalue weighted by molar-refractivity contribution is 6.06. The lowest BCUT2D eigenvalue weighted by Crippen LogP contribution is -2.64. The number of hydrogen-bond acceptors (Lipinski definition) is 5. The molecule has 0 aromatic carbocycles. The van der Waals surface area contributed by atoms with Gasteiger partial charge >= 0.3 is 0 Å². The summed E-state index contributed by atoms with van der Waals surface area (Å²) >= 11 is 0. The Kier molecular flexibility index (Phi) is 7.57. The average molecular weight is 564 g/mol. The van der Waals surface area contributed by atoms with Crippen LogP contribution in [-0.2, 0) is 4.79 Å². The molecule has 9 atom stereocenters. The fourth-order valence-corrected chi connectivity index (χ4v) is 10.2. The van der Waals surface area contributed by atoms with E-state index in [0.29, 0.717) is 30.6 Å². The predicted molar refractivity (Wildman–Crippen MR) is 164 cm³/mol. The first-order valence-corrected chi connectivity index (χ1v) is 15.9. The summed E-state index contributed by atoms with van der Waals surface area (Å²) in [5.41, 5.74) is 1.05. The minimum absolute atomic E-state index is 0.0184. The number of nitrogens with zero attached hydrogens (tertiary/aromatic N) is 1. The minimum atomic E-state index is -1.09. The van der Waals surface area contributed by atoms with Gasteiger partial charge in [0.2, 0.25) is 0 Å². The summed E-state index contributed by atoms with van der Waals surface area (Å²) < 4.78 is 0. The summed E-state index contributed by atoms with van der Waals surface area (Å²) in [6.45, 7) is 17.1. The number of aliphatic hydroxyl groups is 3. The van der Waals surface area contributed by atoms with E-state index in [1.54, 1.807) is 20.0 Å². The van der Waals surface area contributed by atoms with Crippen LogP contribution in [0.3, 0.4) is 0 Å². The number of hydrogen-bond donors (Lipinski definition) is 3. The van der Waals surface area contributed by atoms with Crippen molar-refractivity contribution in [2.24, 2.45) is 45.3 Å². The molecule has 5 heteroatoms. The summed E-state index contributed by atoms with van der Waals surface area (Å²) in [5, 5.41) is 33.0. The second-order valence-corrected chi connectivity index (χ2v) is 15.9. The molecule has 3 fully saturated rings. The van der Waals surface area contributed by atoms with Crippen LogP contribution in [0.4, 0.5) is 0 Å². The molecule has 0 aliphatic heterocycles. The van der Waals surface area contributed by atoms with Crippen LogP contribution in [0.2, 0.25) is 0 Å². The van der Waals surface area contributed by atoms with Crippen LogP contribution in [0.25, 0.3) is 6.08 Å². The van der Waals surface area contributed by atoms with E-state index in [1.165, 1.54) is 5.57 Å². The molecule has 3 N–H and O–H groups in total. The molecule has 5 nitrogen and oxygen atoms in total. The molecule has 0 amide bonds. The van der Waals surface area contributed by atoms with Crippen LogP contribution >= 0.6 is 0 Å². The second kappa shape index (κ2) is 10.1. The Morgan fingerprint density at radius 2 is 1.85 bits per heavy atom. The number of aromatic nitrogens is 1. The summed E-state index contributed by atoms with van der Waals surface area (Å²) in [4.78, 5) is 18.1. The molecule has 0 saturated heterocycles. The lowest BCUT2D eigenvalue weighted by atomic mass is 9.38. The summed E-state index contributed by atoms with van der Waals surface area (Å²) in [5.74, 6) is 1.48. The first kappa shape index (κ1) is 30.6. The first-order chi connectivity index (χ1) is 19.0. The SMILES string of the molecule is C[C@H](CC[C@@H](O)C(C)(C)O)[C@H]1CC[C@@]2(C)[C@@H]3CC=C4[C@@H](C/C(=C\c5cccnc5)C(=O)C4(C)C)[C@]3(C)[C@H](O)C[C@]12C. The number of Topliss-reactive ketones (excluding diaryl/α,β-unsaturated/α-hetero) is 1. The topological polar surface area (TPSA) is 90.7 Å². The van der Waals surface area contributed by atoms with Crippen molar-refractivity contribution in [2.45, 2.75) is 118 Å². The highest BCUT2D eigenvalue weighted by atomic mass is 16.3. The van der Waals surface area contributed by atoms with Gasteiger partial charge in [0.05, 0.1) is 17.8 Å². The molecule has 226 valence electrons. The number of aliphatic hydroxyl groups excluding tert-OH is 2. The molecule has 41 heavy (non-hydrogen) atoms. The van der Waals surface area contributed by atoms with Crippen molar-refractivity contribution < 1.29 is 20.1 Å². The third kappa shape index (κ3) is 4.60. The van der Waals surface area contributed by atoms with Gasteiger partial charge in [0.25, 0.3) is 0 Å². The van der Waals surface area contributed by atoms with E-state index < -0.39 is 23.2 Å². The summed E-state index contributed by atoms with van der Waals surface area (Å²) in [6.07, 6.45) is 12.8. The highest BCUT2D eigenvalue weighted by Crippen LogP contribution is 2.75. The largest absolute Gasteiger partial charge is 0.393 e. The number of fused-ring (bicyclic) bond motifs is 5. The van der Waals surface area contributed by atoms with Crippen LogP contribution in [-0.4, -0.2) is 43.9 Å². The first-order valence-electron chi connectivity index (χ1n) is 15.9. The van der Waals surface area contributed by atoms with Gasteiger partial charge in [-0.2, -0.15) is 0 Å². The number of allylic oxidation sites excluding steroid dienone is 3. The molecular formula is C36H53NO4. The van der Waals surface area contributed by atoms with Gasteiger partial charge in [0, 0.05) is 23.2 Å². The normalized spacial score (nSPS) is 40.8. The van der Waals surface area contributed by atoms with Gasteiger partial charge in [-0.3, -0.25) is 9.78 Å². The summed E-state index contributed by atoms with van der Waals surface area (Å²) in [7, 11) is 0. The van der Waals surface area contributed by atoms with Crippen molar-refractivity contribution in [3.63, 3.8) is 0 Å². The van der Waals surface area contributed by atoms with E-state index in [-0.39, 0.29) is 27.9 Å². The zero-order valence-corrected chi connectivity index (χ0v) is 26.6. The van der Waals surface area contributed by atoms with Crippen LogP contribution < -0.4 is 0 Å². The second-order valence-electron chi connectivity index (χ2n) is 15.9. The lowest BCUT2D eigenvalue weighted by molar-refractivity contribution is -0.199. The molecular weight excluding hydrogens is 510 g/mol. The standard InChI is InChI=1S/C36H53NO4/c1-22(11-14-29(38)33(4,5)41)25-15-16-34(6)28-13-12-26-27(36(28,8)30(39)20-35(25,34)7)19-24(31(40)32(26,2)3)18-23-10-9-17-37-21-23/h9-10,12,17-18,21-22,25,27-30,38-39,41H,11,13-16,19-20H2,1-8H3/b24-18+/t22-,25-,27-,28+,29-,30-,34+,35-,36+/m1/s1. The third-order valence-electron chi connectivity index (χ3n) is 13.1. The van der Waals surface area contributed by atoms with Crippen LogP contribution in [0.5, 0.6) is 0 Å². The van der Waals surface area contributed by atoms with Crippen LogP contribution in [0, 0.1) is 45.3 Å². The van der Waals surface area contributed by atoms with Gasteiger partial charge in [0.1, 0.15) is 0 Å². The summed E-state index contributed by atoms with van der Waals surface area (Å²) in [6, 6.07) is 3.91. The molecule has 1 aromatic heterocycles. The van der Waals surface area contributed by atoms with E-state index in [9.17, 15) is 20.1 Å². The quantitative estimate of drug-likeness (QED) is 0.263. The molecule has 0 bridgehead atoms. The van der Waals surface area contributed by atoms with E-state index >= 15 is 0 Å². The number of carbonyl (C=O) groups excluding carboxylic acids is 1. The number of rotatable bonds is 6. The van der Waals surface area contributed by atoms with Gasteiger partial charge in [-0.1, -0.05) is 45.4 Å². The Morgan fingerprint density at radius 1 is 1.15 bits per heavy atom. The third-order valence-corrected chi connectivity index (χ3v) is 13.1. The van der Waals surface area contributed by atoms with Crippen molar-refractivity contribution >= 4 is 11.9 Å². The van der Waals surface area contributed by atoms with Gasteiger partial charge in [-0.15, -0.1) is 0 Å². The maximum atomic E-state index is 13.8.